The Morgan fingerprint density at radius 1 is 1.03 bits per heavy atom. The molecule has 0 saturated heterocycles. The van der Waals surface area contributed by atoms with E-state index in [-0.39, 0.29) is 12.5 Å². The van der Waals surface area contributed by atoms with Gasteiger partial charge in [-0.05, 0) is 57.2 Å². The van der Waals surface area contributed by atoms with Crippen LogP contribution in [0.3, 0.4) is 0 Å². The minimum atomic E-state index is -3.39. The Morgan fingerprint density at radius 3 is 2.28 bits per heavy atom. The molecule has 0 N–H and O–H groups in total. The summed E-state index contributed by atoms with van der Waals surface area (Å²) in [5, 5.41) is 1.34. The Morgan fingerprint density at radius 2 is 1.69 bits per heavy atom. The number of aryl methyl sites for hydroxylation is 2. The standard InChI is InChI=1S/C25H36NO5P/c1-6-30-32(28,31-7-2)25(18-24-17-20(3)13-14-21(24)4)15-16-26(22(5)27)29-19-23-11-9-8-10-12-23/h8-14,17,25H,6-7,15-16,18-19H2,1-5H3. The third-order valence-electron chi connectivity index (χ3n) is 5.27. The number of rotatable bonds is 13. The summed E-state index contributed by atoms with van der Waals surface area (Å²) in [6.07, 6.45) is 0.967. The second kappa shape index (κ2) is 12.9. The maximum atomic E-state index is 13.7. The average Bonchev–Trinajstić information content (AvgIpc) is 2.76. The Balaban J connectivity index is 2.20. The highest BCUT2D eigenvalue weighted by atomic mass is 31.2. The molecule has 0 saturated carbocycles. The second-order valence-electron chi connectivity index (χ2n) is 7.83. The summed E-state index contributed by atoms with van der Waals surface area (Å²) in [4.78, 5) is 18.0. The fourth-order valence-electron chi connectivity index (χ4n) is 3.56. The van der Waals surface area contributed by atoms with Gasteiger partial charge < -0.3 is 9.05 Å². The van der Waals surface area contributed by atoms with E-state index in [1.54, 1.807) is 0 Å². The van der Waals surface area contributed by atoms with Crippen molar-refractivity contribution in [2.75, 3.05) is 19.8 Å². The number of benzene rings is 2. The van der Waals surface area contributed by atoms with Gasteiger partial charge in [-0.2, -0.15) is 0 Å². The number of carbonyl (C=O) groups is 1. The smallest absolute Gasteiger partial charge is 0.309 e. The molecule has 2 rings (SSSR count). The van der Waals surface area contributed by atoms with Crippen LogP contribution in [0.1, 0.15) is 49.4 Å². The molecule has 0 heterocycles. The summed E-state index contributed by atoms with van der Waals surface area (Å²) in [5.74, 6) is -0.200. The fraction of sp³-hybridized carbons (Fsp3) is 0.480. The van der Waals surface area contributed by atoms with Crippen LogP contribution in [0, 0.1) is 13.8 Å². The fourth-order valence-corrected chi connectivity index (χ4v) is 5.63. The molecule has 0 radical (unpaired) electrons. The highest BCUT2D eigenvalue weighted by Crippen LogP contribution is 2.55. The van der Waals surface area contributed by atoms with E-state index in [1.807, 2.05) is 58.0 Å². The molecule has 1 amide bonds. The van der Waals surface area contributed by atoms with Gasteiger partial charge in [0, 0.05) is 13.5 Å². The molecule has 0 aliphatic heterocycles. The molecule has 0 fully saturated rings. The van der Waals surface area contributed by atoms with E-state index in [0.29, 0.717) is 32.6 Å². The zero-order valence-corrected chi connectivity index (χ0v) is 20.8. The van der Waals surface area contributed by atoms with Crippen LogP contribution in [0.2, 0.25) is 0 Å². The zero-order valence-electron chi connectivity index (χ0n) is 19.9. The molecule has 6 nitrogen and oxygen atoms in total. The third-order valence-corrected chi connectivity index (χ3v) is 7.84. The molecule has 176 valence electrons. The van der Waals surface area contributed by atoms with Gasteiger partial charge >= 0.3 is 7.60 Å². The summed E-state index contributed by atoms with van der Waals surface area (Å²) in [7, 11) is -3.39. The lowest BCUT2D eigenvalue weighted by Crippen LogP contribution is -2.32. The van der Waals surface area contributed by atoms with Crippen LogP contribution in [0.5, 0.6) is 0 Å². The summed E-state index contributed by atoms with van der Waals surface area (Å²) in [6, 6.07) is 15.9. The minimum Gasteiger partial charge on any atom is -0.309 e. The van der Waals surface area contributed by atoms with E-state index in [9.17, 15) is 9.36 Å². The topological polar surface area (TPSA) is 65.1 Å². The lowest BCUT2D eigenvalue weighted by Gasteiger charge is -2.29. The molecule has 0 aliphatic rings. The predicted octanol–water partition coefficient (Wildman–Crippen LogP) is 5.85. The van der Waals surface area contributed by atoms with E-state index in [0.717, 1.165) is 22.3 Å². The lowest BCUT2D eigenvalue weighted by atomic mass is 10.0. The van der Waals surface area contributed by atoms with Crippen LogP contribution >= 0.6 is 7.60 Å². The van der Waals surface area contributed by atoms with Gasteiger partial charge in [-0.15, -0.1) is 0 Å². The van der Waals surface area contributed by atoms with E-state index in [1.165, 1.54) is 12.0 Å². The average molecular weight is 462 g/mol. The molecule has 1 atom stereocenters. The van der Waals surface area contributed by atoms with Crippen LogP contribution in [-0.4, -0.2) is 36.4 Å². The highest BCUT2D eigenvalue weighted by molar-refractivity contribution is 7.54. The Kier molecular flexibility index (Phi) is 10.6. The molecule has 0 aliphatic carbocycles. The van der Waals surface area contributed by atoms with Gasteiger partial charge in [0.1, 0.15) is 6.61 Å². The van der Waals surface area contributed by atoms with Crippen molar-refractivity contribution < 1.29 is 23.2 Å². The zero-order chi connectivity index (χ0) is 23.6. The van der Waals surface area contributed by atoms with Gasteiger partial charge in [-0.25, -0.2) is 5.06 Å². The van der Waals surface area contributed by atoms with Gasteiger partial charge in [0.25, 0.3) is 0 Å². The van der Waals surface area contributed by atoms with E-state index >= 15 is 0 Å². The van der Waals surface area contributed by atoms with E-state index in [4.69, 9.17) is 13.9 Å². The lowest BCUT2D eigenvalue weighted by molar-refractivity contribution is -0.189. The molecular weight excluding hydrogens is 425 g/mol. The number of hydrogen-bond acceptors (Lipinski definition) is 5. The van der Waals surface area contributed by atoms with Crippen LogP contribution < -0.4 is 0 Å². The first-order chi connectivity index (χ1) is 15.3. The normalized spacial score (nSPS) is 12.5. The summed E-state index contributed by atoms with van der Waals surface area (Å²) in [6.45, 7) is 10.3. The number of hydrogen-bond donors (Lipinski definition) is 0. The van der Waals surface area contributed by atoms with Crippen molar-refractivity contribution in [2.45, 2.75) is 59.7 Å². The van der Waals surface area contributed by atoms with Crippen LogP contribution in [0.25, 0.3) is 0 Å². The first-order valence-electron chi connectivity index (χ1n) is 11.2. The Bertz CT molecular complexity index is 892. The molecule has 0 bridgehead atoms. The van der Waals surface area contributed by atoms with Gasteiger partial charge in [0.15, 0.2) is 0 Å². The van der Waals surface area contributed by atoms with Crippen LogP contribution in [0.4, 0.5) is 0 Å². The van der Waals surface area contributed by atoms with Gasteiger partial charge in [-0.1, -0.05) is 54.1 Å². The number of hydroxylamine groups is 2. The van der Waals surface area contributed by atoms with Crippen molar-refractivity contribution in [3.8, 4) is 0 Å². The second-order valence-corrected chi connectivity index (χ2v) is 10.2. The summed E-state index contributed by atoms with van der Waals surface area (Å²) in [5.41, 5.74) is 3.95. The molecule has 2 aromatic carbocycles. The molecule has 32 heavy (non-hydrogen) atoms. The van der Waals surface area contributed by atoms with Gasteiger partial charge in [-0.3, -0.25) is 14.2 Å². The van der Waals surface area contributed by atoms with Crippen LogP contribution in [-0.2, 0) is 36.3 Å². The van der Waals surface area contributed by atoms with Crippen molar-refractivity contribution in [3.05, 3.63) is 70.8 Å². The molecule has 0 spiro atoms. The largest absolute Gasteiger partial charge is 0.334 e. The molecule has 0 aromatic heterocycles. The van der Waals surface area contributed by atoms with Crippen LogP contribution in [0.15, 0.2) is 48.5 Å². The van der Waals surface area contributed by atoms with E-state index < -0.39 is 13.3 Å². The first kappa shape index (κ1) is 26.3. The van der Waals surface area contributed by atoms with Crippen molar-refractivity contribution in [3.63, 3.8) is 0 Å². The SMILES string of the molecule is CCOP(=O)(OCC)C(CCN(OCc1ccccc1)C(C)=O)Cc1cc(C)ccc1C. The third kappa shape index (κ3) is 7.86. The minimum absolute atomic E-state index is 0.200. The maximum absolute atomic E-state index is 13.7. The number of carbonyl (C=O) groups excluding carboxylic acids is 1. The van der Waals surface area contributed by atoms with Crippen molar-refractivity contribution in [1.82, 2.24) is 5.06 Å². The molecule has 7 heteroatoms. The Hall–Kier alpha value is -1.98. The molecule has 2 aromatic rings. The Labute approximate surface area is 192 Å². The maximum Gasteiger partial charge on any atom is 0.334 e. The van der Waals surface area contributed by atoms with Crippen molar-refractivity contribution in [1.29, 1.82) is 0 Å². The predicted molar refractivity (Wildman–Crippen MR) is 128 cm³/mol. The number of amides is 1. The molecular formula is C25H36NO5P. The summed E-state index contributed by atoms with van der Waals surface area (Å²) >= 11 is 0. The number of nitrogens with zero attached hydrogens (tertiary/aromatic N) is 1. The summed E-state index contributed by atoms with van der Waals surface area (Å²) < 4.78 is 25.1. The highest BCUT2D eigenvalue weighted by Gasteiger charge is 2.36. The van der Waals surface area contributed by atoms with Gasteiger partial charge in [0.05, 0.1) is 18.9 Å². The van der Waals surface area contributed by atoms with E-state index in [2.05, 4.69) is 18.2 Å². The van der Waals surface area contributed by atoms with Crippen molar-refractivity contribution >= 4 is 13.5 Å². The first-order valence-corrected chi connectivity index (χ1v) is 12.8. The van der Waals surface area contributed by atoms with Crippen molar-refractivity contribution in [2.24, 2.45) is 0 Å². The van der Waals surface area contributed by atoms with Gasteiger partial charge in [0.2, 0.25) is 5.91 Å². The molecule has 1 unspecified atom stereocenters. The quantitative estimate of drug-likeness (QED) is 0.276. The monoisotopic (exact) mass is 461 g/mol.